The first kappa shape index (κ1) is 8.94. The van der Waals surface area contributed by atoms with Crippen molar-refractivity contribution in [3.05, 3.63) is 35.4 Å². The Balaban J connectivity index is 2.52. The lowest BCUT2D eigenvalue weighted by Gasteiger charge is -2.20. The van der Waals surface area contributed by atoms with Gasteiger partial charge in [0.15, 0.2) is 5.78 Å². The third kappa shape index (κ3) is 1.31. The number of carboxylic acid groups (broad SMARTS) is 1. The Morgan fingerprint density at radius 3 is 2.79 bits per heavy atom. The summed E-state index contributed by atoms with van der Waals surface area (Å²) in [6.45, 7) is 0. The fourth-order valence-electron chi connectivity index (χ4n) is 1.88. The molecule has 0 radical (unpaired) electrons. The van der Waals surface area contributed by atoms with Crippen LogP contribution in [0.25, 0.3) is 0 Å². The van der Waals surface area contributed by atoms with Gasteiger partial charge in [0.05, 0.1) is 5.92 Å². The lowest BCUT2D eigenvalue weighted by atomic mass is 9.82. The molecule has 0 fully saturated rings. The van der Waals surface area contributed by atoms with Gasteiger partial charge in [-0.1, -0.05) is 24.3 Å². The van der Waals surface area contributed by atoms with Crippen molar-refractivity contribution in [2.75, 3.05) is 0 Å². The van der Waals surface area contributed by atoms with Crippen LogP contribution in [0.4, 0.5) is 0 Å². The van der Waals surface area contributed by atoms with Gasteiger partial charge in [-0.2, -0.15) is 0 Å². The van der Waals surface area contributed by atoms with E-state index < -0.39 is 11.9 Å². The first-order chi connectivity index (χ1) is 6.70. The van der Waals surface area contributed by atoms with Crippen LogP contribution >= 0.6 is 0 Å². The molecule has 1 aromatic carbocycles. The fraction of sp³-hybridized carbons (Fsp3) is 0.273. The zero-order chi connectivity index (χ0) is 10.1. The molecule has 0 bridgehead atoms. The molecule has 14 heavy (non-hydrogen) atoms. The average Bonchev–Trinajstić information content (AvgIpc) is 2.18. The molecule has 1 aromatic rings. The van der Waals surface area contributed by atoms with E-state index in [-0.39, 0.29) is 5.78 Å². The third-order valence-corrected chi connectivity index (χ3v) is 2.59. The van der Waals surface area contributed by atoms with E-state index in [1.165, 1.54) is 0 Å². The fourth-order valence-corrected chi connectivity index (χ4v) is 1.88. The van der Waals surface area contributed by atoms with Crippen LogP contribution in [0.1, 0.15) is 34.7 Å². The predicted molar refractivity (Wildman–Crippen MR) is 50.4 cm³/mol. The number of carbonyl (C=O) groups excluding carboxylic acids is 1. The first-order valence-electron chi connectivity index (χ1n) is 4.55. The molecular weight excluding hydrogens is 180 g/mol. The molecule has 1 unspecified atom stereocenters. The number of aliphatic carboxylic acids is 1. The summed E-state index contributed by atoms with van der Waals surface area (Å²) >= 11 is 0. The smallest absolute Gasteiger partial charge is 0.311 e. The van der Waals surface area contributed by atoms with E-state index in [2.05, 4.69) is 0 Å². The van der Waals surface area contributed by atoms with Gasteiger partial charge < -0.3 is 5.11 Å². The highest BCUT2D eigenvalue weighted by Crippen LogP contribution is 2.31. The minimum Gasteiger partial charge on any atom is -0.481 e. The van der Waals surface area contributed by atoms with Gasteiger partial charge in [0.2, 0.25) is 0 Å². The maximum atomic E-state index is 11.5. The molecule has 0 aromatic heterocycles. The Labute approximate surface area is 81.4 Å². The monoisotopic (exact) mass is 190 g/mol. The molecule has 1 aliphatic rings. The van der Waals surface area contributed by atoms with Gasteiger partial charge in [-0.05, 0) is 12.0 Å². The summed E-state index contributed by atoms with van der Waals surface area (Å²) in [7, 11) is 0. The summed E-state index contributed by atoms with van der Waals surface area (Å²) in [5.74, 6) is -1.30. The van der Waals surface area contributed by atoms with Crippen molar-refractivity contribution in [2.24, 2.45) is 0 Å². The topological polar surface area (TPSA) is 54.4 Å². The van der Waals surface area contributed by atoms with Crippen LogP contribution in [0.3, 0.4) is 0 Å². The van der Waals surface area contributed by atoms with Crippen LogP contribution in [0, 0.1) is 0 Å². The molecule has 0 spiro atoms. The van der Waals surface area contributed by atoms with Gasteiger partial charge in [0.1, 0.15) is 0 Å². The predicted octanol–water partition coefficient (Wildman–Crippen LogP) is 1.83. The number of hydrogen-bond acceptors (Lipinski definition) is 2. The van der Waals surface area contributed by atoms with Gasteiger partial charge >= 0.3 is 5.97 Å². The maximum Gasteiger partial charge on any atom is 0.311 e. The third-order valence-electron chi connectivity index (χ3n) is 2.59. The highest BCUT2D eigenvalue weighted by atomic mass is 16.4. The normalized spacial score (nSPS) is 20.3. The van der Waals surface area contributed by atoms with E-state index in [4.69, 9.17) is 5.11 Å². The first-order valence-corrected chi connectivity index (χ1v) is 4.55. The van der Waals surface area contributed by atoms with Crippen molar-refractivity contribution in [1.29, 1.82) is 0 Å². The molecular formula is C11H10O3. The highest BCUT2D eigenvalue weighted by molar-refractivity contribution is 6.00. The quantitative estimate of drug-likeness (QED) is 0.735. The molecule has 0 aliphatic heterocycles. The summed E-state index contributed by atoms with van der Waals surface area (Å²) < 4.78 is 0. The minimum atomic E-state index is -0.843. The Morgan fingerprint density at radius 2 is 2.07 bits per heavy atom. The van der Waals surface area contributed by atoms with Crippen LogP contribution in [-0.2, 0) is 4.79 Å². The number of carbonyl (C=O) groups is 2. The van der Waals surface area contributed by atoms with Crippen molar-refractivity contribution < 1.29 is 14.7 Å². The summed E-state index contributed by atoms with van der Waals surface area (Å²) in [5.41, 5.74) is 1.24. The SMILES string of the molecule is O=C1CCC(C(=O)O)c2ccccc21. The van der Waals surface area contributed by atoms with Crippen LogP contribution in [0.5, 0.6) is 0 Å². The molecule has 0 saturated heterocycles. The number of Topliss-reactive ketones (excluding diaryl/α,β-unsaturated/α-hetero) is 1. The lowest BCUT2D eigenvalue weighted by molar-refractivity contribution is -0.139. The number of rotatable bonds is 1. The molecule has 1 aliphatic carbocycles. The van der Waals surface area contributed by atoms with Gasteiger partial charge in [-0.3, -0.25) is 9.59 Å². The van der Waals surface area contributed by atoms with Crippen LogP contribution in [0.15, 0.2) is 24.3 Å². The second-order valence-corrected chi connectivity index (χ2v) is 3.44. The number of hydrogen-bond donors (Lipinski definition) is 1. The second-order valence-electron chi connectivity index (χ2n) is 3.44. The van der Waals surface area contributed by atoms with Crippen molar-refractivity contribution in [3.8, 4) is 0 Å². The number of benzene rings is 1. The number of carboxylic acids is 1. The van der Waals surface area contributed by atoms with Crippen molar-refractivity contribution in [1.82, 2.24) is 0 Å². The largest absolute Gasteiger partial charge is 0.481 e. The maximum absolute atomic E-state index is 11.5. The standard InChI is InChI=1S/C11H10O3/c12-10-6-5-9(11(13)14)7-3-1-2-4-8(7)10/h1-4,9H,5-6H2,(H,13,14). The molecule has 2 rings (SSSR count). The van der Waals surface area contributed by atoms with Crippen LogP contribution < -0.4 is 0 Å². The molecule has 0 heterocycles. The highest BCUT2D eigenvalue weighted by Gasteiger charge is 2.29. The average molecular weight is 190 g/mol. The molecule has 1 N–H and O–H groups in total. The summed E-state index contributed by atoms with van der Waals surface area (Å²) in [4.78, 5) is 22.4. The van der Waals surface area contributed by atoms with Crippen LogP contribution in [0.2, 0.25) is 0 Å². The molecule has 72 valence electrons. The van der Waals surface area contributed by atoms with E-state index in [0.717, 1.165) is 0 Å². The minimum absolute atomic E-state index is 0.0538. The van der Waals surface area contributed by atoms with Crippen molar-refractivity contribution in [2.45, 2.75) is 18.8 Å². The zero-order valence-corrected chi connectivity index (χ0v) is 7.56. The Hall–Kier alpha value is -1.64. The molecule has 0 saturated carbocycles. The van der Waals surface area contributed by atoms with Gasteiger partial charge in [0, 0.05) is 12.0 Å². The molecule has 3 heteroatoms. The molecule has 3 nitrogen and oxygen atoms in total. The van der Waals surface area contributed by atoms with Crippen molar-refractivity contribution >= 4 is 11.8 Å². The summed E-state index contributed by atoms with van der Waals surface area (Å²) in [6.07, 6.45) is 0.763. The number of ketones is 1. The Morgan fingerprint density at radius 1 is 1.36 bits per heavy atom. The van der Waals surface area contributed by atoms with E-state index in [0.29, 0.717) is 24.0 Å². The molecule has 0 amide bonds. The van der Waals surface area contributed by atoms with Gasteiger partial charge in [-0.15, -0.1) is 0 Å². The van der Waals surface area contributed by atoms with E-state index >= 15 is 0 Å². The Kier molecular flexibility index (Phi) is 2.08. The lowest BCUT2D eigenvalue weighted by Crippen LogP contribution is -2.21. The van der Waals surface area contributed by atoms with Crippen LogP contribution in [-0.4, -0.2) is 16.9 Å². The van der Waals surface area contributed by atoms with E-state index in [1.54, 1.807) is 24.3 Å². The summed E-state index contributed by atoms with van der Waals surface area (Å²) in [6, 6.07) is 6.96. The van der Waals surface area contributed by atoms with Crippen molar-refractivity contribution in [3.63, 3.8) is 0 Å². The second kappa shape index (κ2) is 3.25. The van der Waals surface area contributed by atoms with Gasteiger partial charge in [-0.25, -0.2) is 0 Å². The molecule has 1 atom stereocenters. The summed E-state index contributed by atoms with van der Waals surface area (Å²) in [5, 5.41) is 8.96. The van der Waals surface area contributed by atoms with Gasteiger partial charge in [0.25, 0.3) is 0 Å². The Bertz CT molecular complexity index is 395. The van der Waals surface area contributed by atoms with E-state index in [1.807, 2.05) is 0 Å². The van der Waals surface area contributed by atoms with E-state index in [9.17, 15) is 9.59 Å². The zero-order valence-electron chi connectivity index (χ0n) is 7.56. The number of fused-ring (bicyclic) bond motifs is 1.